The minimum atomic E-state index is -0.341. The molecule has 2 aromatic carbocycles. The van der Waals surface area contributed by atoms with Crippen LogP contribution in [0.4, 0.5) is 8.78 Å². The number of rotatable bonds is 1. The molecule has 2 nitrogen and oxygen atoms in total. The highest BCUT2D eigenvalue weighted by atomic mass is 32.1. The van der Waals surface area contributed by atoms with Crippen LogP contribution < -0.4 is 0 Å². The third-order valence-electron chi connectivity index (χ3n) is 2.93. The Bertz CT molecular complexity index is 813. The molecular weight excluding hydrogens is 266 g/mol. The fraction of sp³-hybridized carbons (Fsp3) is 0.0714. The lowest BCUT2D eigenvalue weighted by Crippen LogP contribution is -1.95. The zero-order valence-corrected chi connectivity index (χ0v) is 10.9. The van der Waals surface area contributed by atoms with E-state index in [1.165, 1.54) is 24.3 Å². The van der Waals surface area contributed by atoms with Crippen LogP contribution in [0.2, 0.25) is 0 Å². The van der Waals surface area contributed by atoms with Crippen LogP contribution in [0.1, 0.15) is 5.56 Å². The van der Waals surface area contributed by atoms with E-state index in [0.717, 1.165) is 11.1 Å². The van der Waals surface area contributed by atoms with Crippen molar-refractivity contribution < 1.29 is 8.78 Å². The second-order valence-corrected chi connectivity index (χ2v) is 4.80. The molecule has 0 bridgehead atoms. The van der Waals surface area contributed by atoms with Crippen LogP contribution >= 0.6 is 12.2 Å². The van der Waals surface area contributed by atoms with E-state index in [4.69, 9.17) is 12.2 Å². The van der Waals surface area contributed by atoms with Crippen LogP contribution in [0, 0.1) is 23.3 Å². The summed E-state index contributed by atoms with van der Waals surface area (Å²) in [5.74, 6) is -0.667. The van der Waals surface area contributed by atoms with Gasteiger partial charge in [0.05, 0.1) is 16.7 Å². The van der Waals surface area contributed by atoms with Gasteiger partial charge in [0.25, 0.3) is 0 Å². The Kier molecular flexibility index (Phi) is 2.71. The number of aromatic nitrogens is 2. The summed E-state index contributed by atoms with van der Waals surface area (Å²) >= 11 is 5.23. The molecule has 0 unspecified atom stereocenters. The van der Waals surface area contributed by atoms with Gasteiger partial charge in [-0.05, 0) is 61.1 Å². The molecule has 3 rings (SSSR count). The van der Waals surface area contributed by atoms with Crippen LogP contribution in [0.5, 0.6) is 0 Å². The van der Waals surface area contributed by atoms with E-state index in [9.17, 15) is 8.78 Å². The van der Waals surface area contributed by atoms with Crippen molar-refractivity contribution in [3.05, 3.63) is 58.4 Å². The first-order valence-electron chi connectivity index (χ1n) is 5.72. The molecule has 0 aliphatic rings. The van der Waals surface area contributed by atoms with Gasteiger partial charge in [0.2, 0.25) is 0 Å². The van der Waals surface area contributed by atoms with Gasteiger partial charge in [0.15, 0.2) is 4.77 Å². The lowest BCUT2D eigenvalue weighted by Gasteiger charge is -2.06. The number of halogens is 2. The van der Waals surface area contributed by atoms with E-state index in [1.807, 2.05) is 13.0 Å². The molecule has 5 heteroatoms. The number of aromatic amines is 1. The summed E-state index contributed by atoms with van der Waals surface area (Å²) in [7, 11) is 0. The molecule has 0 spiro atoms. The lowest BCUT2D eigenvalue weighted by molar-refractivity contribution is 0.625. The maximum Gasteiger partial charge on any atom is 0.182 e. The third-order valence-corrected chi connectivity index (χ3v) is 3.21. The summed E-state index contributed by atoms with van der Waals surface area (Å²) in [6.45, 7) is 1.81. The smallest absolute Gasteiger partial charge is 0.182 e. The number of benzene rings is 2. The molecule has 96 valence electrons. The molecule has 3 aromatic rings. The molecule has 1 aromatic heterocycles. The van der Waals surface area contributed by atoms with Gasteiger partial charge in [-0.1, -0.05) is 0 Å². The van der Waals surface area contributed by atoms with E-state index < -0.39 is 0 Å². The minimum absolute atomic E-state index is 0.326. The van der Waals surface area contributed by atoms with Gasteiger partial charge >= 0.3 is 0 Å². The van der Waals surface area contributed by atoms with Crippen molar-refractivity contribution in [2.75, 3.05) is 0 Å². The van der Waals surface area contributed by atoms with Crippen LogP contribution in [-0.2, 0) is 0 Å². The van der Waals surface area contributed by atoms with E-state index in [0.29, 0.717) is 16.0 Å². The number of hydrogen-bond acceptors (Lipinski definition) is 1. The van der Waals surface area contributed by atoms with Gasteiger partial charge in [-0.2, -0.15) is 0 Å². The van der Waals surface area contributed by atoms with E-state index >= 15 is 0 Å². The second-order valence-electron chi connectivity index (χ2n) is 4.41. The topological polar surface area (TPSA) is 20.7 Å². The Labute approximate surface area is 113 Å². The van der Waals surface area contributed by atoms with Crippen molar-refractivity contribution in [2.24, 2.45) is 0 Å². The zero-order valence-electron chi connectivity index (χ0n) is 10.1. The van der Waals surface area contributed by atoms with Crippen LogP contribution in [0.25, 0.3) is 16.7 Å². The quantitative estimate of drug-likeness (QED) is 0.658. The molecule has 19 heavy (non-hydrogen) atoms. The molecular formula is C14H10F2N2S. The largest absolute Gasteiger partial charge is 0.330 e. The zero-order chi connectivity index (χ0) is 13.6. The number of fused-ring (bicyclic) bond motifs is 1. The van der Waals surface area contributed by atoms with Crippen molar-refractivity contribution in [1.82, 2.24) is 9.55 Å². The predicted molar refractivity (Wildman–Crippen MR) is 73.1 cm³/mol. The van der Waals surface area contributed by atoms with Gasteiger partial charge in [0.1, 0.15) is 11.6 Å². The van der Waals surface area contributed by atoms with Crippen molar-refractivity contribution in [2.45, 2.75) is 6.92 Å². The molecule has 0 aliphatic heterocycles. The predicted octanol–water partition coefficient (Wildman–Crippen LogP) is 4.27. The molecule has 1 heterocycles. The monoisotopic (exact) mass is 276 g/mol. The molecule has 0 saturated carbocycles. The maximum atomic E-state index is 13.5. The first kappa shape index (κ1) is 12.0. The Balaban J connectivity index is 2.36. The highest BCUT2D eigenvalue weighted by Gasteiger charge is 2.08. The van der Waals surface area contributed by atoms with Gasteiger partial charge in [-0.15, -0.1) is 0 Å². The molecule has 0 fully saturated rings. The summed E-state index contributed by atoms with van der Waals surface area (Å²) in [6, 6.07) is 9.02. The molecule has 0 radical (unpaired) electrons. The highest BCUT2D eigenvalue weighted by molar-refractivity contribution is 7.71. The van der Waals surface area contributed by atoms with E-state index in [1.54, 1.807) is 10.6 Å². The SMILES string of the molecule is Cc1cc(F)cc(-n2c(=S)[nH]c3cc(F)ccc32)c1. The fourth-order valence-electron chi connectivity index (χ4n) is 2.19. The third kappa shape index (κ3) is 2.06. The summed E-state index contributed by atoms with van der Waals surface area (Å²) in [4.78, 5) is 2.92. The number of nitrogens with zero attached hydrogens (tertiary/aromatic N) is 1. The van der Waals surface area contributed by atoms with Crippen molar-refractivity contribution >= 4 is 23.3 Å². The number of aryl methyl sites for hydroxylation is 1. The van der Waals surface area contributed by atoms with Crippen LogP contribution in [0.15, 0.2) is 36.4 Å². The van der Waals surface area contributed by atoms with Crippen LogP contribution in [-0.4, -0.2) is 9.55 Å². The van der Waals surface area contributed by atoms with Gasteiger partial charge in [-0.3, -0.25) is 4.57 Å². The average molecular weight is 276 g/mol. The first-order chi connectivity index (χ1) is 9.04. The number of H-pyrrole nitrogens is 1. The fourth-order valence-corrected chi connectivity index (χ4v) is 2.50. The molecule has 0 atom stereocenters. The summed E-state index contributed by atoms with van der Waals surface area (Å²) in [5.41, 5.74) is 2.73. The minimum Gasteiger partial charge on any atom is -0.330 e. The molecule has 0 aliphatic carbocycles. The molecule has 0 amide bonds. The van der Waals surface area contributed by atoms with Crippen LogP contribution in [0.3, 0.4) is 0 Å². The standard InChI is InChI=1S/C14H10F2N2S/c1-8-4-10(16)6-11(5-8)18-13-3-2-9(15)7-12(13)17-14(18)19/h2-7H,1H3,(H,17,19). The summed E-state index contributed by atoms with van der Waals surface area (Å²) < 4.78 is 28.8. The first-order valence-corrected chi connectivity index (χ1v) is 6.13. The normalized spacial score (nSPS) is 11.1. The number of imidazole rings is 1. The van der Waals surface area contributed by atoms with E-state index in [-0.39, 0.29) is 11.6 Å². The summed E-state index contributed by atoms with van der Waals surface area (Å²) in [6.07, 6.45) is 0. The van der Waals surface area contributed by atoms with Crippen molar-refractivity contribution in [1.29, 1.82) is 0 Å². The Morgan fingerprint density at radius 1 is 1.05 bits per heavy atom. The van der Waals surface area contributed by atoms with Gasteiger partial charge < -0.3 is 4.98 Å². The molecule has 1 N–H and O–H groups in total. The van der Waals surface area contributed by atoms with E-state index in [2.05, 4.69) is 4.98 Å². The van der Waals surface area contributed by atoms with Crippen molar-refractivity contribution in [3.8, 4) is 5.69 Å². The van der Waals surface area contributed by atoms with Crippen molar-refractivity contribution in [3.63, 3.8) is 0 Å². The summed E-state index contributed by atoms with van der Waals surface area (Å²) in [5, 5.41) is 0. The highest BCUT2D eigenvalue weighted by Crippen LogP contribution is 2.21. The Hall–Kier alpha value is -2.01. The molecule has 0 saturated heterocycles. The van der Waals surface area contributed by atoms with Gasteiger partial charge in [0, 0.05) is 0 Å². The lowest BCUT2D eigenvalue weighted by atomic mass is 10.2. The Morgan fingerprint density at radius 3 is 2.58 bits per heavy atom. The number of hydrogen-bond donors (Lipinski definition) is 1. The van der Waals surface area contributed by atoms with Gasteiger partial charge in [-0.25, -0.2) is 8.78 Å². The second kappa shape index (κ2) is 4.28. The Morgan fingerprint density at radius 2 is 1.84 bits per heavy atom. The number of nitrogens with one attached hydrogen (secondary N) is 1. The average Bonchev–Trinajstić information content (AvgIpc) is 2.62. The maximum absolute atomic E-state index is 13.5.